The van der Waals surface area contributed by atoms with Gasteiger partial charge in [-0.1, -0.05) is 30.3 Å². The average molecular weight is 236 g/mol. The molecule has 3 N–H and O–H groups in total. The van der Waals surface area contributed by atoms with Gasteiger partial charge in [-0.2, -0.15) is 0 Å². The summed E-state index contributed by atoms with van der Waals surface area (Å²) in [5, 5.41) is 9.91. The van der Waals surface area contributed by atoms with Crippen LogP contribution in [0.4, 0.5) is 0 Å². The van der Waals surface area contributed by atoms with Crippen LogP contribution in [0.15, 0.2) is 30.3 Å². The van der Waals surface area contributed by atoms with Gasteiger partial charge in [0.15, 0.2) is 0 Å². The van der Waals surface area contributed by atoms with Crippen LogP contribution in [0.1, 0.15) is 12.5 Å². The molecule has 1 aromatic rings. The molecule has 2 atom stereocenters. The van der Waals surface area contributed by atoms with Crippen molar-refractivity contribution in [3.05, 3.63) is 35.9 Å². The van der Waals surface area contributed by atoms with E-state index in [0.717, 1.165) is 5.56 Å². The van der Waals surface area contributed by atoms with E-state index < -0.39 is 6.10 Å². The standard InChI is InChI=1S/C13H20N2O2/c1-10(13(14)17)15(2)9-12(16)8-11-6-4-3-5-7-11/h3-7,10,12,16H,8-9H2,1-2H3,(H2,14,17)/t10-,12?/m1/s1. The summed E-state index contributed by atoms with van der Waals surface area (Å²) in [6, 6.07) is 9.41. The Kier molecular flexibility index (Phi) is 5.12. The molecule has 94 valence electrons. The number of carbonyl (C=O) groups is 1. The van der Waals surface area contributed by atoms with Crippen LogP contribution in [0, 0.1) is 0 Å². The molecule has 0 fully saturated rings. The number of amides is 1. The lowest BCUT2D eigenvalue weighted by atomic mass is 10.1. The number of rotatable bonds is 6. The first-order valence-electron chi connectivity index (χ1n) is 5.72. The first-order valence-corrected chi connectivity index (χ1v) is 5.72. The number of nitrogens with two attached hydrogens (primary N) is 1. The lowest BCUT2D eigenvalue weighted by Crippen LogP contribution is -2.44. The molecule has 1 amide bonds. The van der Waals surface area contributed by atoms with Crippen LogP contribution in [0.2, 0.25) is 0 Å². The summed E-state index contributed by atoms with van der Waals surface area (Å²) in [5.41, 5.74) is 6.29. The van der Waals surface area contributed by atoms with Crippen molar-refractivity contribution in [1.29, 1.82) is 0 Å². The topological polar surface area (TPSA) is 66.6 Å². The Morgan fingerprint density at radius 1 is 1.41 bits per heavy atom. The van der Waals surface area contributed by atoms with Crippen LogP contribution < -0.4 is 5.73 Å². The van der Waals surface area contributed by atoms with Gasteiger partial charge in [-0.15, -0.1) is 0 Å². The molecule has 0 aliphatic rings. The van der Waals surface area contributed by atoms with Crippen LogP contribution in [0.25, 0.3) is 0 Å². The second-order valence-electron chi connectivity index (χ2n) is 4.36. The number of hydrogen-bond acceptors (Lipinski definition) is 3. The van der Waals surface area contributed by atoms with Gasteiger partial charge in [0.05, 0.1) is 12.1 Å². The smallest absolute Gasteiger partial charge is 0.234 e. The van der Waals surface area contributed by atoms with Crippen molar-refractivity contribution in [2.75, 3.05) is 13.6 Å². The summed E-state index contributed by atoms with van der Waals surface area (Å²) in [7, 11) is 1.78. The zero-order chi connectivity index (χ0) is 12.8. The van der Waals surface area contributed by atoms with Gasteiger partial charge in [0.25, 0.3) is 0 Å². The molecule has 0 saturated heterocycles. The molecule has 4 nitrogen and oxygen atoms in total. The van der Waals surface area contributed by atoms with Gasteiger partial charge >= 0.3 is 0 Å². The molecule has 1 unspecified atom stereocenters. The van der Waals surface area contributed by atoms with Crippen molar-refractivity contribution in [3.8, 4) is 0 Å². The molecule has 0 aliphatic carbocycles. The maximum Gasteiger partial charge on any atom is 0.234 e. The quantitative estimate of drug-likeness (QED) is 0.751. The normalized spacial score (nSPS) is 14.6. The SMILES string of the molecule is C[C@H](C(N)=O)N(C)CC(O)Cc1ccccc1. The lowest BCUT2D eigenvalue weighted by molar-refractivity contribution is -0.122. The maximum absolute atomic E-state index is 11.0. The number of hydrogen-bond donors (Lipinski definition) is 2. The molecule has 1 aromatic carbocycles. The summed E-state index contributed by atoms with van der Waals surface area (Å²) in [6.07, 6.45) is 0.0839. The van der Waals surface area contributed by atoms with E-state index in [1.165, 1.54) is 0 Å². The Bertz CT molecular complexity index is 354. The second kappa shape index (κ2) is 6.37. The Hall–Kier alpha value is -1.39. The number of likely N-dealkylation sites (N-methyl/N-ethyl adjacent to an activating group) is 1. The molecule has 0 radical (unpaired) electrons. The Morgan fingerprint density at radius 2 is 2.00 bits per heavy atom. The first-order chi connectivity index (χ1) is 8.00. The van der Waals surface area contributed by atoms with Gasteiger partial charge < -0.3 is 10.8 Å². The molecule has 1 rings (SSSR count). The molecule has 0 bridgehead atoms. The largest absolute Gasteiger partial charge is 0.391 e. The van der Waals surface area contributed by atoms with E-state index in [1.54, 1.807) is 18.9 Å². The minimum Gasteiger partial charge on any atom is -0.391 e. The molecular formula is C13H20N2O2. The average Bonchev–Trinajstić information content (AvgIpc) is 2.28. The summed E-state index contributed by atoms with van der Waals surface area (Å²) in [4.78, 5) is 12.7. The Balaban J connectivity index is 2.44. The second-order valence-corrected chi connectivity index (χ2v) is 4.36. The minimum atomic E-state index is -0.496. The molecule has 0 heterocycles. The predicted octanol–water partition coefficient (Wildman–Crippen LogP) is 0.396. The van der Waals surface area contributed by atoms with E-state index in [0.29, 0.717) is 13.0 Å². The molecule has 0 aliphatic heterocycles. The van der Waals surface area contributed by atoms with Crippen molar-refractivity contribution in [2.24, 2.45) is 5.73 Å². The van der Waals surface area contributed by atoms with Crippen molar-refractivity contribution in [2.45, 2.75) is 25.5 Å². The van der Waals surface area contributed by atoms with Crippen molar-refractivity contribution in [1.82, 2.24) is 4.90 Å². The summed E-state index contributed by atoms with van der Waals surface area (Å²) in [6.45, 7) is 2.16. The van der Waals surface area contributed by atoms with Gasteiger partial charge in [-0.3, -0.25) is 9.69 Å². The van der Waals surface area contributed by atoms with Crippen LogP contribution >= 0.6 is 0 Å². The van der Waals surface area contributed by atoms with Crippen LogP contribution in [0.3, 0.4) is 0 Å². The van der Waals surface area contributed by atoms with Crippen molar-refractivity contribution < 1.29 is 9.90 Å². The summed E-state index contributed by atoms with van der Waals surface area (Å²) >= 11 is 0. The Morgan fingerprint density at radius 3 is 2.53 bits per heavy atom. The first kappa shape index (κ1) is 13.7. The fraction of sp³-hybridized carbons (Fsp3) is 0.462. The van der Waals surface area contributed by atoms with Crippen LogP contribution in [0.5, 0.6) is 0 Å². The molecule has 4 heteroatoms. The van der Waals surface area contributed by atoms with Gasteiger partial charge in [0.2, 0.25) is 5.91 Å². The lowest BCUT2D eigenvalue weighted by Gasteiger charge is -2.24. The van der Waals surface area contributed by atoms with E-state index in [-0.39, 0.29) is 11.9 Å². The fourth-order valence-corrected chi connectivity index (χ4v) is 1.66. The van der Waals surface area contributed by atoms with Gasteiger partial charge in [0.1, 0.15) is 0 Å². The highest BCUT2D eigenvalue weighted by molar-refractivity contribution is 5.79. The highest BCUT2D eigenvalue weighted by Crippen LogP contribution is 2.05. The van der Waals surface area contributed by atoms with E-state index in [1.807, 2.05) is 30.3 Å². The summed E-state index contributed by atoms with van der Waals surface area (Å²) in [5.74, 6) is -0.376. The van der Waals surface area contributed by atoms with Gasteiger partial charge in [-0.25, -0.2) is 0 Å². The van der Waals surface area contributed by atoms with E-state index in [2.05, 4.69) is 0 Å². The molecule has 0 saturated carbocycles. The molecule has 0 aromatic heterocycles. The third kappa shape index (κ3) is 4.54. The minimum absolute atomic E-state index is 0.361. The summed E-state index contributed by atoms with van der Waals surface area (Å²) < 4.78 is 0. The molecule has 0 spiro atoms. The van der Waals surface area contributed by atoms with Gasteiger partial charge in [0, 0.05) is 6.54 Å². The maximum atomic E-state index is 11.0. The van der Waals surface area contributed by atoms with E-state index in [4.69, 9.17) is 5.73 Å². The van der Waals surface area contributed by atoms with E-state index in [9.17, 15) is 9.90 Å². The third-order valence-corrected chi connectivity index (χ3v) is 2.89. The number of primary amides is 1. The number of aliphatic hydroxyl groups excluding tert-OH is 1. The zero-order valence-corrected chi connectivity index (χ0v) is 10.3. The molecule has 17 heavy (non-hydrogen) atoms. The number of carbonyl (C=O) groups excluding carboxylic acids is 1. The predicted molar refractivity (Wildman–Crippen MR) is 67.4 cm³/mol. The zero-order valence-electron chi connectivity index (χ0n) is 10.3. The highest BCUT2D eigenvalue weighted by Gasteiger charge is 2.17. The van der Waals surface area contributed by atoms with Gasteiger partial charge in [-0.05, 0) is 26.0 Å². The number of nitrogens with zero attached hydrogens (tertiary/aromatic N) is 1. The van der Waals surface area contributed by atoms with Crippen molar-refractivity contribution in [3.63, 3.8) is 0 Å². The van der Waals surface area contributed by atoms with E-state index >= 15 is 0 Å². The van der Waals surface area contributed by atoms with Crippen molar-refractivity contribution >= 4 is 5.91 Å². The Labute approximate surface area is 102 Å². The van der Waals surface area contributed by atoms with Crippen LogP contribution in [-0.2, 0) is 11.2 Å². The number of aliphatic hydroxyl groups is 1. The third-order valence-electron chi connectivity index (χ3n) is 2.89. The molecular weight excluding hydrogens is 216 g/mol. The number of benzene rings is 1. The van der Waals surface area contributed by atoms with Crippen LogP contribution in [-0.4, -0.2) is 41.7 Å². The fourth-order valence-electron chi connectivity index (χ4n) is 1.66. The monoisotopic (exact) mass is 236 g/mol. The highest BCUT2D eigenvalue weighted by atomic mass is 16.3.